The summed E-state index contributed by atoms with van der Waals surface area (Å²) in [6, 6.07) is 11.3. The van der Waals surface area contributed by atoms with Crippen LogP contribution in [-0.4, -0.2) is 87.2 Å². The maximum atomic E-state index is 13.4. The zero-order chi connectivity index (χ0) is 28.7. The number of nitrogens with zero attached hydrogens (tertiary/aromatic N) is 5. The van der Waals surface area contributed by atoms with Crippen LogP contribution in [-0.2, 0) is 19.6 Å². The summed E-state index contributed by atoms with van der Waals surface area (Å²) in [5, 5.41) is 15.7. The molecule has 2 aliphatic rings. The number of hydrogen-bond acceptors (Lipinski definition) is 9. The number of amides is 1. The second-order valence-electron chi connectivity index (χ2n) is 9.68. The molecular weight excluding hydrogens is 536 g/mol. The van der Waals surface area contributed by atoms with Crippen molar-refractivity contribution < 1.29 is 22.9 Å². The van der Waals surface area contributed by atoms with E-state index in [-0.39, 0.29) is 54.4 Å². The molecule has 2 aromatic carbocycles. The van der Waals surface area contributed by atoms with Crippen LogP contribution >= 0.6 is 0 Å². The van der Waals surface area contributed by atoms with Gasteiger partial charge in [-0.15, -0.1) is 0 Å². The van der Waals surface area contributed by atoms with Crippen molar-refractivity contribution in [2.45, 2.75) is 31.6 Å². The van der Waals surface area contributed by atoms with Gasteiger partial charge in [0.15, 0.2) is 0 Å². The summed E-state index contributed by atoms with van der Waals surface area (Å²) in [5.41, 5.74) is 4.32. The molecule has 2 fully saturated rings. The minimum absolute atomic E-state index is 0.0789. The summed E-state index contributed by atoms with van der Waals surface area (Å²) in [4.78, 5) is 27.6. The minimum atomic E-state index is -4.03. The van der Waals surface area contributed by atoms with Crippen molar-refractivity contribution in [3.05, 3.63) is 58.1 Å². The molecule has 0 radical (unpaired) electrons. The van der Waals surface area contributed by atoms with Crippen LogP contribution in [0.5, 0.6) is 0 Å². The molecular formula is C27H36N6O6S. The standard InChI is InChI=1S/C27H36N6O6S/c1-3-30(4-2)27(34)22-9-7-13-31(20-22)25-10-6-5-8-21(25)19-28-29-24-12-11-23(33(35)36)18-26(24)40(37,38)32-14-16-39-17-15-32/h5-6,8,10-12,18-19,22,29H,3-4,7,9,13-17,20H2,1-2H3. The smallest absolute Gasteiger partial charge is 0.270 e. The first-order valence-electron chi connectivity index (χ1n) is 13.5. The Morgan fingerprint density at radius 2 is 1.90 bits per heavy atom. The molecule has 4 rings (SSSR count). The van der Waals surface area contributed by atoms with Crippen molar-refractivity contribution in [3.8, 4) is 0 Å². The van der Waals surface area contributed by atoms with Crippen molar-refractivity contribution in [2.75, 3.05) is 62.8 Å². The van der Waals surface area contributed by atoms with Crippen LogP contribution in [0.2, 0.25) is 0 Å². The topological polar surface area (TPSA) is 138 Å². The molecule has 0 aromatic heterocycles. The second kappa shape index (κ2) is 13.2. The average molecular weight is 573 g/mol. The Morgan fingerprint density at radius 3 is 2.60 bits per heavy atom. The van der Waals surface area contributed by atoms with Gasteiger partial charge in [-0.05, 0) is 38.8 Å². The molecule has 1 atom stereocenters. The summed E-state index contributed by atoms with van der Waals surface area (Å²) >= 11 is 0. The molecule has 13 heteroatoms. The van der Waals surface area contributed by atoms with E-state index in [4.69, 9.17) is 4.74 Å². The van der Waals surface area contributed by atoms with E-state index in [1.165, 1.54) is 16.4 Å². The monoisotopic (exact) mass is 572 g/mol. The lowest BCUT2D eigenvalue weighted by Crippen LogP contribution is -2.45. The van der Waals surface area contributed by atoms with Gasteiger partial charge in [0, 0.05) is 62.7 Å². The highest BCUT2D eigenvalue weighted by Crippen LogP contribution is 2.30. The highest BCUT2D eigenvalue weighted by atomic mass is 32.2. The van der Waals surface area contributed by atoms with Gasteiger partial charge in [-0.1, -0.05) is 18.2 Å². The summed E-state index contributed by atoms with van der Waals surface area (Å²) < 4.78 is 33.3. The van der Waals surface area contributed by atoms with Crippen LogP contribution in [0.25, 0.3) is 0 Å². The van der Waals surface area contributed by atoms with Gasteiger partial charge in [0.25, 0.3) is 5.69 Å². The van der Waals surface area contributed by atoms with Crippen LogP contribution in [0.15, 0.2) is 52.5 Å². The number of sulfonamides is 1. The van der Waals surface area contributed by atoms with Gasteiger partial charge in [-0.25, -0.2) is 8.42 Å². The first-order chi connectivity index (χ1) is 19.3. The van der Waals surface area contributed by atoms with E-state index in [9.17, 15) is 23.3 Å². The summed E-state index contributed by atoms with van der Waals surface area (Å²) in [6.45, 7) is 7.60. The molecule has 2 saturated heterocycles. The van der Waals surface area contributed by atoms with Gasteiger partial charge >= 0.3 is 0 Å². The summed E-state index contributed by atoms with van der Waals surface area (Å²) in [7, 11) is -4.03. The van der Waals surface area contributed by atoms with Crippen molar-refractivity contribution in [1.82, 2.24) is 9.21 Å². The Balaban J connectivity index is 1.56. The number of morpholine rings is 1. The number of nitrogens with one attached hydrogen (secondary N) is 1. The van der Waals surface area contributed by atoms with Crippen molar-refractivity contribution >= 4 is 39.2 Å². The van der Waals surface area contributed by atoms with Crippen LogP contribution in [0.1, 0.15) is 32.3 Å². The highest BCUT2D eigenvalue weighted by molar-refractivity contribution is 7.89. The fourth-order valence-electron chi connectivity index (χ4n) is 5.10. The van der Waals surface area contributed by atoms with E-state index in [0.717, 1.165) is 36.7 Å². The third-order valence-electron chi connectivity index (χ3n) is 7.28. The van der Waals surface area contributed by atoms with Crippen LogP contribution < -0.4 is 10.3 Å². The van der Waals surface area contributed by atoms with E-state index >= 15 is 0 Å². The Labute approximate surface area is 234 Å². The lowest BCUT2D eigenvalue weighted by atomic mass is 9.95. The predicted molar refractivity (Wildman–Crippen MR) is 153 cm³/mol. The Hall–Kier alpha value is -3.55. The molecule has 0 spiro atoms. The van der Waals surface area contributed by atoms with Crippen LogP contribution in [0, 0.1) is 16.0 Å². The van der Waals surface area contributed by atoms with Crippen LogP contribution in [0.4, 0.5) is 17.1 Å². The number of hydrazone groups is 1. The first kappa shape index (κ1) is 29.4. The molecule has 1 N–H and O–H groups in total. The Bertz CT molecular complexity index is 1340. The maximum Gasteiger partial charge on any atom is 0.270 e. The van der Waals surface area contributed by atoms with E-state index in [2.05, 4.69) is 15.4 Å². The van der Waals surface area contributed by atoms with Crippen molar-refractivity contribution in [1.29, 1.82) is 0 Å². The van der Waals surface area contributed by atoms with Gasteiger partial charge in [-0.2, -0.15) is 9.41 Å². The number of carbonyl (C=O) groups excluding carboxylic acids is 1. The zero-order valence-corrected chi connectivity index (χ0v) is 23.7. The Morgan fingerprint density at radius 1 is 1.18 bits per heavy atom. The molecule has 1 unspecified atom stereocenters. The van der Waals surface area contributed by atoms with E-state index < -0.39 is 14.9 Å². The molecule has 2 heterocycles. The van der Waals surface area contributed by atoms with Crippen molar-refractivity contribution in [3.63, 3.8) is 0 Å². The third kappa shape index (κ3) is 6.60. The number of nitro groups is 1. The molecule has 216 valence electrons. The van der Waals surface area contributed by atoms with Gasteiger partial charge in [0.05, 0.1) is 36.0 Å². The number of nitro benzene ring substituents is 1. The average Bonchev–Trinajstić information content (AvgIpc) is 2.98. The van der Waals surface area contributed by atoms with Crippen LogP contribution in [0.3, 0.4) is 0 Å². The molecule has 12 nitrogen and oxygen atoms in total. The molecule has 1 amide bonds. The fourth-order valence-corrected chi connectivity index (χ4v) is 6.67. The molecule has 2 aliphatic heterocycles. The lowest BCUT2D eigenvalue weighted by Gasteiger charge is -2.36. The number of benzene rings is 2. The second-order valence-corrected chi connectivity index (χ2v) is 11.6. The number of para-hydroxylation sites is 1. The van der Waals surface area contributed by atoms with E-state index in [1.807, 2.05) is 43.0 Å². The highest BCUT2D eigenvalue weighted by Gasteiger charge is 2.31. The fraction of sp³-hybridized carbons (Fsp3) is 0.481. The predicted octanol–water partition coefficient (Wildman–Crippen LogP) is 3.15. The summed E-state index contributed by atoms with van der Waals surface area (Å²) in [5.74, 6) is 0.0968. The van der Waals surface area contributed by atoms with Gasteiger partial charge < -0.3 is 14.5 Å². The number of anilines is 2. The van der Waals surface area contributed by atoms with Gasteiger partial charge in [0.1, 0.15) is 4.90 Å². The Kier molecular flexibility index (Phi) is 9.71. The largest absolute Gasteiger partial charge is 0.379 e. The maximum absolute atomic E-state index is 13.4. The van der Waals surface area contributed by atoms with E-state index in [0.29, 0.717) is 19.6 Å². The molecule has 0 bridgehead atoms. The number of rotatable bonds is 10. The molecule has 2 aromatic rings. The quantitative estimate of drug-likeness (QED) is 0.260. The van der Waals surface area contributed by atoms with Gasteiger partial charge in [-0.3, -0.25) is 20.3 Å². The number of non-ortho nitro benzene ring substituents is 1. The van der Waals surface area contributed by atoms with Crippen molar-refractivity contribution in [2.24, 2.45) is 11.0 Å². The molecule has 0 aliphatic carbocycles. The minimum Gasteiger partial charge on any atom is -0.379 e. The van der Waals surface area contributed by atoms with Gasteiger partial charge in [0.2, 0.25) is 15.9 Å². The zero-order valence-electron chi connectivity index (χ0n) is 22.9. The number of carbonyl (C=O) groups is 1. The third-order valence-corrected chi connectivity index (χ3v) is 9.21. The number of hydrogen-bond donors (Lipinski definition) is 1. The molecule has 40 heavy (non-hydrogen) atoms. The number of piperidine rings is 1. The number of ether oxygens (including phenoxy) is 1. The SMILES string of the molecule is CCN(CC)C(=O)C1CCCN(c2ccccc2C=NNc2ccc([N+](=O)[O-])cc2S(=O)(=O)N2CCOCC2)C1. The normalized spacial score (nSPS) is 18.6. The first-order valence-corrected chi connectivity index (χ1v) is 15.0. The lowest BCUT2D eigenvalue weighted by molar-refractivity contribution is -0.385. The van der Waals surface area contributed by atoms with E-state index in [1.54, 1.807) is 6.21 Å². The molecule has 0 saturated carbocycles. The summed E-state index contributed by atoms with van der Waals surface area (Å²) in [6.07, 6.45) is 3.34.